The number of anilines is 1. The summed E-state index contributed by atoms with van der Waals surface area (Å²) in [6.45, 7) is 0. The molecule has 3 N–H and O–H groups in total. The number of carbonyl (C=O) groups is 2. The van der Waals surface area contributed by atoms with Crippen LogP contribution in [0.25, 0.3) is 0 Å². The van der Waals surface area contributed by atoms with Gasteiger partial charge in [0.1, 0.15) is 11.9 Å². The minimum absolute atomic E-state index is 0.0284. The first-order valence-electron chi connectivity index (χ1n) is 5.72. The summed E-state index contributed by atoms with van der Waals surface area (Å²) < 4.78 is 13.1. The molecule has 0 unspecified atom stereocenters. The van der Waals surface area contributed by atoms with Gasteiger partial charge in [0.05, 0.1) is 0 Å². The lowest BCUT2D eigenvalue weighted by atomic mass is 10.2. The highest BCUT2D eigenvalue weighted by Crippen LogP contribution is 2.32. The number of amides is 2. The molecule has 7 heteroatoms. The fraction of sp³-hybridized carbons (Fsp3) is 0.333. The van der Waals surface area contributed by atoms with Crippen molar-refractivity contribution in [3.63, 3.8) is 0 Å². The van der Waals surface area contributed by atoms with Crippen molar-refractivity contribution in [2.75, 3.05) is 5.32 Å². The number of carbonyl (C=O) groups excluding carboxylic acids is 1. The number of halogens is 2. The quantitative estimate of drug-likeness (QED) is 0.795. The lowest BCUT2D eigenvalue weighted by molar-refractivity contribution is -0.139. The predicted octanol–water partition coefficient (Wildman–Crippen LogP) is 2.46. The summed E-state index contributed by atoms with van der Waals surface area (Å²) in [5.74, 6) is -1.69. The number of hydrogen-bond acceptors (Lipinski definition) is 2. The van der Waals surface area contributed by atoms with Crippen LogP contribution in [0.2, 0.25) is 5.02 Å². The van der Waals surface area contributed by atoms with Crippen LogP contribution >= 0.6 is 11.6 Å². The van der Waals surface area contributed by atoms with Gasteiger partial charge in [-0.1, -0.05) is 11.6 Å². The first-order valence-corrected chi connectivity index (χ1v) is 6.10. The molecular formula is C12H12ClFN2O3. The van der Waals surface area contributed by atoms with Crippen LogP contribution in [0.4, 0.5) is 14.9 Å². The third-order valence-corrected chi connectivity index (χ3v) is 2.98. The lowest BCUT2D eigenvalue weighted by Gasteiger charge is -2.14. The van der Waals surface area contributed by atoms with Crippen molar-refractivity contribution in [1.29, 1.82) is 0 Å². The van der Waals surface area contributed by atoms with Gasteiger partial charge in [-0.25, -0.2) is 14.0 Å². The van der Waals surface area contributed by atoms with E-state index >= 15 is 0 Å². The highest BCUT2D eigenvalue weighted by Gasteiger charge is 2.37. The fourth-order valence-electron chi connectivity index (χ4n) is 1.75. The number of hydrogen-bond donors (Lipinski definition) is 3. The molecule has 1 aliphatic rings. The Hall–Kier alpha value is -1.82. The van der Waals surface area contributed by atoms with Crippen molar-refractivity contribution in [1.82, 2.24) is 5.32 Å². The number of urea groups is 1. The fourth-order valence-corrected chi connectivity index (χ4v) is 1.97. The molecule has 0 heterocycles. The van der Waals surface area contributed by atoms with E-state index in [0.717, 1.165) is 25.0 Å². The van der Waals surface area contributed by atoms with Gasteiger partial charge in [-0.05, 0) is 37.0 Å². The molecule has 1 fully saturated rings. The van der Waals surface area contributed by atoms with Crippen LogP contribution in [0.5, 0.6) is 0 Å². The van der Waals surface area contributed by atoms with Crippen molar-refractivity contribution >= 4 is 29.3 Å². The van der Waals surface area contributed by atoms with Gasteiger partial charge >= 0.3 is 12.0 Å². The Labute approximate surface area is 113 Å². The summed E-state index contributed by atoms with van der Waals surface area (Å²) in [5, 5.41) is 13.8. The number of carboxylic acids is 1. The van der Waals surface area contributed by atoms with Gasteiger partial charge in [0.15, 0.2) is 0 Å². The van der Waals surface area contributed by atoms with E-state index in [9.17, 15) is 14.0 Å². The zero-order valence-corrected chi connectivity index (χ0v) is 10.6. The van der Waals surface area contributed by atoms with E-state index in [1.165, 1.54) is 6.07 Å². The Kier molecular flexibility index (Phi) is 3.90. The molecule has 2 rings (SSSR count). The number of rotatable bonds is 4. The second kappa shape index (κ2) is 5.44. The third-order valence-electron chi connectivity index (χ3n) is 2.77. The van der Waals surface area contributed by atoms with Crippen molar-refractivity contribution in [3.8, 4) is 0 Å². The molecule has 1 atom stereocenters. The maximum atomic E-state index is 13.1. The van der Waals surface area contributed by atoms with E-state index in [1.54, 1.807) is 0 Å². The number of carboxylic acid groups (broad SMARTS) is 1. The van der Waals surface area contributed by atoms with E-state index in [-0.39, 0.29) is 16.6 Å². The molecule has 0 aromatic heterocycles. The lowest BCUT2D eigenvalue weighted by Crippen LogP contribution is -2.44. The predicted molar refractivity (Wildman–Crippen MR) is 67.7 cm³/mol. The molecule has 5 nitrogen and oxygen atoms in total. The summed E-state index contributed by atoms with van der Waals surface area (Å²) in [5.41, 5.74) is 0.169. The molecule has 2 amide bonds. The Morgan fingerprint density at radius 3 is 2.58 bits per heavy atom. The molecule has 0 saturated heterocycles. The first kappa shape index (κ1) is 13.6. The average molecular weight is 287 g/mol. The van der Waals surface area contributed by atoms with Gasteiger partial charge in [0, 0.05) is 10.7 Å². The topological polar surface area (TPSA) is 78.4 Å². The van der Waals surface area contributed by atoms with E-state index in [1.807, 2.05) is 0 Å². The molecule has 0 spiro atoms. The van der Waals surface area contributed by atoms with Crippen LogP contribution < -0.4 is 10.6 Å². The van der Waals surface area contributed by atoms with Crippen LogP contribution in [0.15, 0.2) is 18.2 Å². The van der Waals surface area contributed by atoms with E-state index in [2.05, 4.69) is 10.6 Å². The minimum atomic E-state index is -1.07. The summed E-state index contributed by atoms with van der Waals surface area (Å²) in [6.07, 6.45) is 1.56. The second-order valence-electron chi connectivity index (χ2n) is 4.41. The molecule has 0 radical (unpaired) electrons. The van der Waals surface area contributed by atoms with Gasteiger partial charge in [-0.3, -0.25) is 0 Å². The van der Waals surface area contributed by atoms with Crippen LogP contribution in [-0.2, 0) is 4.79 Å². The Morgan fingerprint density at radius 1 is 1.37 bits per heavy atom. The van der Waals surface area contributed by atoms with E-state index in [0.29, 0.717) is 0 Å². The summed E-state index contributed by atoms with van der Waals surface area (Å²) >= 11 is 5.64. The van der Waals surface area contributed by atoms with Crippen molar-refractivity contribution in [3.05, 3.63) is 29.0 Å². The minimum Gasteiger partial charge on any atom is -0.480 e. The van der Waals surface area contributed by atoms with Gasteiger partial charge in [0.2, 0.25) is 0 Å². The molecule has 1 aliphatic carbocycles. The molecule has 0 aliphatic heterocycles. The van der Waals surface area contributed by atoms with Gasteiger partial charge in [-0.2, -0.15) is 0 Å². The summed E-state index contributed by atoms with van der Waals surface area (Å²) in [6, 6.07) is 1.97. The van der Waals surface area contributed by atoms with Crippen LogP contribution in [0.3, 0.4) is 0 Å². The van der Waals surface area contributed by atoms with Crippen molar-refractivity contribution < 1.29 is 19.1 Å². The molecule has 1 saturated carbocycles. The average Bonchev–Trinajstić information content (AvgIpc) is 3.07. The monoisotopic (exact) mass is 286 g/mol. The van der Waals surface area contributed by atoms with Crippen LogP contribution in [-0.4, -0.2) is 23.1 Å². The van der Waals surface area contributed by atoms with Gasteiger partial charge in [-0.15, -0.1) is 0 Å². The van der Waals surface area contributed by atoms with Crippen molar-refractivity contribution in [2.45, 2.75) is 18.9 Å². The molecule has 1 aromatic rings. The number of nitrogens with one attached hydrogen (secondary N) is 2. The van der Waals surface area contributed by atoms with Crippen molar-refractivity contribution in [2.24, 2.45) is 5.92 Å². The summed E-state index contributed by atoms with van der Waals surface area (Å²) in [4.78, 5) is 22.6. The standard InChI is InChI=1S/C12H12ClFN2O3/c13-7-3-8(14)5-9(4-7)15-12(19)16-10(11(17)18)6-1-2-6/h3-6,10H,1-2H2,(H,17,18)(H2,15,16,19)/t10-/m0/s1. The van der Waals surface area contributed by atoms with Crippen LogP contribution in [0, 0.1) is 11.7 Å². The smallest absolute Gasteiger partial charge is 0.326 e. The third kappa shape index (κ3) is 3.82. The maximum Gasteiger partial charge on any atom is 0.326 e. The zero-order valence-electron chi connectivity index (χ0n) is 9.82. The Balaban J connectivity index is 1.98. The molecule has 0 bridgehead atoms. The maximum absolute atomic E-state index is 13.1. The largest absolute Gasteiger partial charge is 0.480 e. The normalized spacial score (nSPS) is 15.7. The van der Waals surface area contributed by atoms with E-state index in [4.69, 9.17) is 16.7 Å². The van der Waals surface area contributed by atoms with Crippen LogP contribution in [0.1, 0.15) is 12.8 Å². The highest BCUT2D eigenvalue weighted by molar-refractivity contribution is 6.30. The summed E-state index contributed by atoms with van der Waals surface area (Å²) in [7, 11) is 0. The first-order chi connectivity index (χ1) is 8.95. The van der Waals surface area contributed by atoms with Gasteiger partial charge < -0.3 is 15.7 Å². The molecule has 102 valence electrons. The molecule has 19 heavy (non-hydrogen) atoms. The number of benzene rings is 1. The molecule has 1 aromatic carbocycles. The number of aliphatic carboxylic acids is 1. The Morgan fingerprint density at radius 2 is 2.05 bits per heavy atom. The van der Waals surface area contributed by atoms with Gasteiger partial charge in [0.25, 0.3) is 0 Å². The SMILES string of the molecule is O=C(Nc1cc(F)cc(Cl)c1)N[C@H](C(=O)O)C1CC1. The second-order valence-corrected chi connectivity index (χ2v) is 4.85. The highest BCUT2D eigenvalue weighted by atomic mass is 35.5. The Bertz CT molecular complexity index is 499. The molecular weight excluding hydrogens is 275 g/mol. The van der Waals surface area contributed by atoms with E-state index < -0.39 is 23.9 Å². The zero-order chi connectivity index (χ0) is 14.0.